The van der Waals surface area contributed by atoms with Crippen molar-refractivity contribution in [1.82, 2.24) is 9.97 Å². The van der Waals surface area contributed by atoms with Crippen LogP contribution in [0.2, 0.25) is 0 Å². The van der Waals surface area contributed by atoms with Crippen LogP contribution in [0, 0.1) is 0 Å². The summed E-state index contributed by atoms with van der Waals surface area (Å²) in [6, 6.07) is 6.90. The van der Waals surface area contributed by atoms with Crippen molar-refractivity contribution in [2.75, 3.05) is 0 Å². The van der Waals surface area contributed by atoms with Gasteiger partial charge in [-0.25, -0.2) is 0 Å². The highest BCUT2D eigenvalue weighted by Gasteiger charge is 2.11. The maximum absolute atomic E-state index is 4.82. The van der Waals surface area contributed by atoms with Crippen molar-refractivity contribution in [2.24, 2.45) is 4.99 Å². The fourth-order valence-electron chi connectivity index (χ4n) is 3.19. The van der Waals surface area contributed by atoms with E-state index < -0.39 is 0 Å². The van der Waals surface area contributed by atoms with Crippen molar-refractivity contribution in [3.05, 3.63) is 35.7 Å². The smallest absolute Gasteiger partial charge is 0.0656 e. The first kappa shape index (κ1) is 16.9. The van der Waals surface area contributed by atoms with Gasteiger partial charge in [0.1, 0.15) is 0 Å². The average Bonchev–Trinajstić information content (AvgIpc) is 3.09. The van der Waals surface area contributed by atoms with Crippen LogP contribution >= 0.6 is 12.4 Å². The molecule has 0 spiro atoms. The zero-order chi connectivity index (χ0) is 14.5. The van der Waals surface area contributed by atoms with Crippen LogP contribution in [0.1, 0.15) is 56.7 Å². The highest BCUT2D eigenvalue weighted by atomic mass is 35.5. The molecule has 120 valence electrons. The van der Waals surface area contributed by atoms with Gasteiger partial charge < -0.3 is 9.97 Å². The number of rotatable bonds is 4. The first-order valence-electron chi connectivity index (χ1n) is 8.25. The molecule has 2 aromatic rings. The molecule has 0 atom stereocenters. The number of nitrogens with zero attached hydrogens (tertiary/aromatic N) is 1. The second-order valence-electron chi connectivity index (χ2n) is 5.99. The van der Waals surface area contributed by atoms with Crippen LogP contribution in [0.15, 0.2) is 29.4 Å². The molecule has 0 bridgehead atoms. The number of aliphatic imine (C=N–C) groups is 1. The fraction of sp³-hybridized carbons (Fsp3) is 0.500. The number of aryl methyl sites for hydroxylation is 1. The summed E-state index contributed by atoms with van der Waals surface area (Å²) >= 11 is 0. The normalized spacial score (nSPS) is 16.6. The number of hydrogen-bond acceptors (Lipinski definition) is 1. The summed E-state index contributed by atoms with van der Waals surface area (Å²) in [5.41, 5.74) is 4.83. The topological polar surface area (TPSA) is 43.9 Å². The summed E-state index contributed by atoms with van der Waals surface area (Å²) in [7, 11) is 0. The van der Waals surface area contributed by atoms with Crippen LogP contribution in [0.25, 0.3) is 11.4 Å². The minimum absolute atomic E-state index is 0. The van der Waals surface area contributed by atoms with Crippen LogP contribution in [0.5, 0.6) is 0 Å². The van der Waals surface area contributed by atoms with Gasteiger partial charge in [0.25, 0.3) is 0 Å². The Hall–Kier alpha value is -1.48. The van der Waals surface area contributed by atoms with Gasteiger partial charge >= 0.3 is 0 Å². The van der Waals surface area contributed by atoms with E-state index in [1.165, 1.54) is 49.8 Å². The third kappa shape index (κ3) is 4.04. The predicted octanol–water partition coefficient (Wildman–Crippen LogP) is 5.14. The number of aromatic nitrogens is 2. The van der Waals surface area contributed by atoms with Crippen molar-refractivity contribution >= 4 is 18.6 Å². The largest absolute Gasteiger partial charge is 0.360 e. The third-order valence-electron chi connectivity index (χ3n) is 4.42. The Bertz CT molecular complexity index is 576. The Morgan fingerprint density at radius 3 is 2.64 bits per heavy atom. The van der Waals surface area contributed by atoms with Crippen LogP contribution in [0.4, 0.5) is 0 Å². The standard InChI is InChI=1S/C18H25N3.ClH/c1-2-14-12-16(21-18(14)17-10-7-11-19-17)13-20-15-8-5-3-4-6-9-15;/h7,10-13,15,19,21H,2-6,8-9H2,1H3;1H. The molecule has 1 aliphatic rings. The molecule has 0 saturated heterocycles. The summed E-state index contributed by atoms with van der Waals surface area (Å²) in [5.74, 6) is 0. The Labute approximate surface area is 139 Å². The van der Waals surface area contributed by atoms with E-state index >= 15 is 0 Å². The van der Waals surface area contributed by atoms with Crippen molar-refractivity contribution in [3.63, 3.8) is 0 Å². The minimum atomic E-state index is 0. The molecule has 3 nitrogen and oxygen atoms in total. The molecule has 2 N–H and O–H groups in total. The first-order valence-corrected chi connectivity index (χ1v) is 8.25. The van der Waals surface area contributed by atoms with E-state index in [0.717, 1.165) is 17.8 Å². The van der Waals surface area contributed by atoms with E-state index in [1.54, 1.807) is 0 Å². The summed E-state index contributed by atoms with van der Waals surface area (Å²) in [4.78, 5) is 11.6. The van der Waals surface area contributed by atoms with Crippen molar-refractivity contribution in [2.45, 2.75) is 57.9 Å². The van der Waals surface area contributed by atoms with Crippen LogP contribution < -0.4 is 0 Å². The lowest BCUT2D eigenvalue weighted by Gasteiger charge is -2.06. The molecule has 0 radical (unpaired) electrons. The Kier molecular flexibility index (Phi) is 6.32. The lowest BCUT2D eigenvalue weighted by molar-refractivity contribution is 0.588. The highest BCUT2D eigenvalue weighted by molar-refractivity contribution is 5.85. The average molecular weight is 320 g/mol. The zero-order valence-electron chi connectivity index (χ0n) is 13.3. The summed E-state index contributed by atoms with van der Waals surface area (Å²) in [5, 5.41) is 0. The Balaban J connectivity index is 0.00000176. The lowest BCUT2D eigenvalue weighted by atomic mass is 10.1. The van der Waals surface area contributed by atoms with Crippen LogP contribution in [0.3, 0.4) is 0 Å². The molecule has 4 heteroatoms. The quantitative estimate of drug-likeness (QED) is 0.579. The molecular formula is C18H26ClN3. The van der Waals surface area contributed by atoms with E-state index in [9.17, 15) is 0 Å². The minimum Gasteiger partial charge on any atom is -0.360 e. The first-order chi connectivity index (χ1) is 10.4. The molecule has 1 fully saturated rings. The van der Waals surface area contributed by atoms with Gasteiger partial charge in [0.05, 0.1) is 23.1 Å². The van der Waals surface area contributed by atoms with Crippen molar-refractivity contribution in [1.29, 1.82) is 0 Å². The number of halogens is 1. The second-order valence-corrected chi connectivity index (χ2v) is 5.99. The molecule has 3 rings (SSSR count). The fourth-order valence-corrected chi connectivity index (χ4v) is 3.19. The SMILES string of the molecule is CCc1cc(C=NC2CCCCCC2)[nH]c1-c1ccc[nH]1.Cl. The van der Waals surface area contributed by atoms with Crippen molar-refractivity contribution in [3.8, 4) is 11.4 Å². The van der Waals surface area contributed by atoms with Gasteiger partial charge in [-0.05, 0) is 43.0 Å². The number of nitrogens with one attached hydrogen (secondary N) is 2. The number of hydrogen-bond donors (Lipinski definition) is 2. The maximum Gasteiger partial charge on any atom is 0.0656 e. The van der Waals surface area contributed by atoms with E-state index in [0.29, 0.717) is 6.04 Å². The summed E-state index contributed by atoms with van der Waals surface area (Å²) in [6.07, 6.45) is 13.0. The Morgan fingerprint density at radius 1 is 1.23 bits per heavy atom. The van der Waals surface area contributed by atoms with E-state index in [4.69, 9.17) is 4.99 Å². The van der Waals surface area contributed by atoms with Gasteiger partial charge in [0, 0.05) is 12.4 Å². The van der Waals surface area contributed by atoms with E-state index in [2.05, 4.69) is 29.0 Å². The molecule has 1 aliphatic carbocycles. The van der Waals surface area contributed by atoms with Gasteiger partial charge in [0.15, 0.2) is 0 Å². The molecule has 0 unspecified atom stereocenters. The molecule has 22 heavy (non-hydrogen) atoms. The highest BCUT2D eigenvalue weighted by Crippen LogP contribution is 2.23. The van der Waals surface area contributed by atoms with Crippen molar-refractivity contribution < 1.29 is 0 Å². The van der Waals surface area contributed by atoms with E-state index in [-0.39, 0.29) is 12.4 Å². The van der Waals surface area contributed by atoms with Gasteiger partial charge in [-0.1, -0.05) is 32.6 Å². The van der Waals surface area contributed by atoms with Gasteiger partial charge in [-0.2, -0.15) is 0 Å². The molecule has 0 aliphatic heterocycles. The maximum atomic E-state index is 4.82. The van der Waals surface area contributed by atoms with E-state index in [1.807, 2.05) is 18.5 Å². The van der Waals surface area contributed by atoms with Gasteiger partial charge in [0.2, 0.25) is 0 Å². The Morgan fingerprint density at radius 2 is 2.00 bits per heavy atom. The number of H-pyrrole nitrogens is 2. The number of aromatic amines is 2. The summed E-state index contributed by atoms with van der Waals surface area (Å²) < 4.78 is 0. The van der Waals surface area contributed by atoms with Gasteiger partial charge in [-0.3, -0.25) is 4.99 Å². The lowest BCUT2D eigenvalue weighted by Crippen LogP contribution is -2.02. The molecule has 1 saturated carbocycles. The molecule has 0 aromatic carbocycles. The molecule has 2 aromatic heterocycles. The monoisotopic (exact) mass is 319 g/mol. The molecule has 2 heterocycles. The van der Waals surface area contributed by atoms with Crippen LogP contribution in [-0.4, -0.2) is 22.2 Å². The molecular weight excluding hydrogens is 294 g/mol. The zero-order valence-corrected chi connectivity index (χ0v) is 14.1. The van der Waals surface area contributed by atoms with Crippen LogP contribution in [-0.2, 0) is 6.42 Å². The molecule has 0 amide bonds. The third-order valence-corrected chi connectivity index (χ3v) is 4.42. The summed E-state index contributed by atoms with van der Waals surface area (Å²) in [6.45, 7) is 2.20. The van der Waals surface area contributed by atoms with Gasteiger partial charge in [-0.15, -0.1) is 12.4 Å². The second kappa shape index (κ2) is 8.23. The predicted molar refractivity (Wildman–Crippen MR) is 96.3 cm³/mol.